The lowest BCUT2D eigenvalue weighted by Gasteiger charge is -2.10. The number of amides is 1. The smallest absolute Gasteiger partial charge is 0.233 e. The molecular formula is C12H16N4OS2. The number of carbonyl (C=O) groups is 1. The summed E-state index contributed by atoms with van der Waals surface area (Å²) in [5.41, 5.74) is 5.88. The van der Waals surface area contributed by atoms with Gasteiger partial charge in [0.1, 0.15) is 10.6 Å². The van der Waals surface area contributed by atoms with Crippen molar-refractivity contribution >= 4 is 45.0 Å². The number of carbonyl (C=O) groups excluding carboxylic acids is 1. The van der Waals surface area contributed by atoms with Crippen LogP contribution >= 0.6 is 23.1 Å². The molecule has 0 radical (unpaired) electrons. The molecule has 3 N–H and O–H groups in total. The fraction of sp³-hybridized carbons (Fsp3) is 0.417. The van der Waals surface area contributed by atoms with Crippen LogP contribution in [0, 0.1) is 0 Å². The van der Waals surface area contributed by atoms with Gasteiger partial charge in [0.2, 0.25) is 5.91 Å². The van der Waals surface area contributed by atoms with Gasteiger partial charge >= 0.3 is 0 Å². The van der Waals surface area contributed by atoms with E-state index in [1.54, 1.807) is 0 Å². The van der Waals surface area contributed by atoms with Crippen molar-refractivity contribution in [2.45, 2.75) is 30.7 Å². The number of anilines is 1. The van der Waals surface area contributed by atoms with Gasteiger partial charge in [0, 0.05) is 6.54 Å². The summed E-state index contributed by atoms with van der Waals surface area (Å²) >= 11 is 2.85. The van der Waals surface area contributed by atoms with Crippen LogP contribution in [0.3, 0.4) is 0 Å². The van der Waals surface area contributed by atoms with Gasteiger partial charge in [-0.1, -0.05) is 18.7 Å². The molecule has 7 heteroatoms. The fourth-order valence-electron chi connectivity index (χ4n) is 1.51. The molecule has 2 heterocycles. The van der Waals surface area contributed by atoms with Crippen molar-refractivity contribution in [1.29, 1.82) is 0 Å². The minimum absolute atomic E-state index is 0.000276. The number of fused-ring (bicyclic) bond motifs is 1. The maximum atomic E-state index is 11.8. The zero-order chi connectivity index (χ0) is 13.8. The first-order chi connectivity index (χ1) is 9.11. The summed E-state index contributed by atoms with van der Waals surface area (Å²) in [7, 11) is 0. The van der Waals surface area contributed by atoms with E-state index in [0.29, 0.717) is 17.5 Å². The molecule has 0 saturated heterocycles. The minimum Gasteiger partial charge on any atom is -0.383 e. The summed E-state index contributed by atoms with van der Waals surface area (Å²) in [4.78, 5) is 21.3. The van der Waals surface area contributed by atoms with Gasteiger partial charge in [0.25, 0.3) is 0 Å². The normalized spacial score (nSPS) is 12.5. The molecule has 0 fully saturated rings. The number of aromatic nitrogens is 2. The highest BCUT2D eigenvalue weighted by Gasteiger charge is 2.16. The third kappa shape index (κ3) is 3.36. The lowest BCUT2D eigenvalue weighted by atomic mass is 10.4. The number of hydrogen-bond donors (Lipinski definition) is 2. The number of hydrogen-bond acceptors (Lipinski definition) is 6. The van der Waals surface area contributed by atoms with Crippen molar-refractivity contribution in [3.63, 3.8) is 0 Å². The standard InChI is InChI=1S/C12H16N4OS2/c1-3-5-14-10(17)7(2)19-12-15-9(13)8-4-6-18-11(8)16-12/h4,6-7H,3,5H2,1-2H3,(H,14,17)(H2,13,15,16). The van der Waals surface area contributed by atoms with Crippen LogP contribution in [0.4, 0.5) is 5.82 Å². The highest BCUT2D eigenvalue weighted by Crippen LogP contribution is 2.27. The molecule has 0 aliphatic heterocycles. The second kappa shape index (κ2) is 6.21. The summed E-state index contributed by atoms with van der Waals surface area (Å²) in [6.07, 6.45) is 0.924. The number of thioether (sulfide) groups is 1. The number of nitrogens with one attached hydrogen (secondary N) is 1. The zero-order valence-electron chi connectivity index (χ0n) is 10.8. The average Bonchev–Trinajstić information content (AvgIpc) is 2.84. The highest BCUT2D eigenvalue weighted by molar-refractivity contribution is 8.00. The molecule has 0 saturated carbocycles. The molecule has 0 aliphatic rings. The van der Waals surface area contributed by atoms with Crippen molar-refractivity contribution in [2.75, 3.05) is 12.3 Å². The minimum atomic E-state index is -0.233. The van der Waals surface area contributed by atoms with Gasteiger partial charge in [-0.15, -0.1) is 11.3 Å². The Balaban J connectivity index is 2.10. The van der Waals surface area contributed by atoms with E-state index in [2.05, 4.69) is 15.3 Å². The molecule has 0 aromatic carbocycles. The van der Waals surface area contributed by atoms with Crippen molar-refractivity contribution in [3.8, 4) is 0 Å². The van der Waals surface area contributed by atoms with Gasteiger partial charge in [-0.3, -0.25) is 4.79 Å². The van der Waals surface area contributed by atoms with E-state index in [4.69, 9.17) is 5.73 Å². The van der Waals surface area contributed by atoms with E-state index in [1.807, 2.05) is 25.3 Å². The van der Waals surface area contributed by atoms with Gasteiger partial charge in [-0.25, -0.2) is 9.97 Å². The van der Waals surface area contributed by atoms with Crippen LogP contribution in [0.15, 0.2) is 16.6 Å². The SMILES string of the molecule is CCCNC(=O)C(C)Sc1nc(N)c2ccsc2n1. The largest absolute Gasteiger partial charge is 0.383 e. The van der Waals surface area contributed by atoms with E-state index >= 15 is 0 Å². The zero-order valence-corrected chi connectivity index (χ0v) is 12.5. The van der Waals surface area contributed by atoms with E-state index < -0.39 is 0 Å². The van der Waals surface area contributed by atoms with Crippen molar-refractivity contribution in [2.24, 2.45) is 0 Å². The van der Waals surface area contributed by atoms with Gasteiger partial charge in [-0.05, 0) is 24.8 Å². The van der Waals surface area contributed by atoms with Crippen molar-refractivity contribution in [3.05, 3.63) is 11.4 Å². The molecule has 1 amide bonds. The third-order valence-corrected chi connectivity index (χ3v) is 4.30. The first-order valence-electron chi connectivity index (χ1n) is 6.07. The molecule has 19 heavy (non-hydrogen) atoms. The van der Waals surface area contributed by atoms with Crippen molar-refractivity contribution < 1.29 is 4.79 Å². The Labute approximate surface area is 120 Å². The third-order valence-electron chi connectivity index (χ3n) is 2.53. The quantitative estimate of drug-likeness (QED) is 0.653. The van der Waals surface area contributed by atoms with Crippen LogP contribution in [0.1, 0.15) is 20.3 Å². The van der Waals surface area contributed by atoms with Crippen LogP contribution in [0.5, 0.6) is 0 Å². The molecular weight excluding hydrogens is 280 g/mol. The first kappa shape index (κ1) is 14.1. The molecule has 1 atom stereocenters. The molecule has 1 unspecified atom stereocenters. The summed E-state index contributed by atoms with van der Waals surface area (Å²) < 4.78 is 0. The molecule has 0 bridgehead atoms. The lowest BCUT2D eigenvalue weighted by molar-refractivity contribution is -0.120. The molecule has 0 aliphatic carbocycles. The van der Waals surface area contributed by atoms with E-state index in [-0.39, 0.29) is 11.2 Å². The van der Waals surface area contributed by atoms with Gasteiger partial charge < -0.3 is 11.1 Å². The molecule has 5 nitrogen and oxygen atoms in total. The Morgan fingerprint density at radius 2 is 2.37 bits per heavy atom. The summed E-state index contributed by atoms with van der Waals surface area (Å²) in [6.45, 7) is 4.55. The fourth-order valence-corrected chi connectivity index (χ4v) is 3.15. The lowest BCUT2D eigenvalue weighted by Crippen LogP contribution is -2.31. The monoisotopic (exact) mass is 296 g/mol. The average molecular weight is 296 g/mol. The Kier molecular flexibility index (Phi) is 4.60. The van der Waals surface area contributed by atoms with Crippen LogP contribution in [0.25, 0.3) is 10.2 Å². The van der Waals surface area contributed by atoms with E-state index in [1.165, 1.54) is 23.1 Å². The van der Waals surface area contributed by atoms with Crippen LogP contribution < -0.4 is 11.1 Å². The summed E-state index contributed by atoms with van der Waals surface area (Å²) in [6, 6.07) is 1.90. The second-order valence-electron chi connectivity index (χ2n) is 4.08. The van der Waals surface area contributed by atoms with Crippen LogP contribution in [0.2, 0.25) is 0 Å². The number of thiophene rings is 1. The Morgan fingerprint density at radius 3 is 3.11 bits per heavy atom. The van der Waals surface area contributed by atoms with E-state index in [9.17, 15) is 4.79 Å². The van der Waals surface area contributed by atoms with E-state index in [0.717, 1.165) is 16.6 Å². The van der Waals surface area contributed by atoms with Crippen LogP contribution in [-0.4, -0.2) is 27.7 Å². The highest BCUT2D eigenvalue weighted by atomic mass is 32.2. The Bertz CT molecular complexity index is 584. The molecule has 102 valence electrons. The van der Waals surface area contributed by atoms with Crippen molar-refractivity contribution in [1.82, 2.24) is 15.3 Å². The number of rotatable bonds is 5. The molecule has 2 aromatic heterocycles. The Morgan fingerprint density at radius 1 is 1.58 bits per heavy atom. The molecule has 0 spiro atoms. The van der Waals surface area contributed by atoms with Gasteiger partial charge in [-0.2, -0.15) is 0 Å². The maximum absolute atomic E-state index is 11.8. The summed E-state index contributed by atoms with van der Waals surface area (Å²) in [5, 5.41) is 5.97. The topological polar surface area (TPSA) is 80.9 Å². The molecule has 2 aromatic rings. The first-order valence-corrected chi connectivity index (χ1v) is 7.82. The second-order valence-corrected chi connectivity index (χ2v) is 6.28. The predicted molar refractivity (Wildman–Crippen MR) is 80.4 cm³/mol. The molecule has 2 rings (SSSR count). The summed E-state index contributed by atoms with van der Waals surface area (Å²) in [5.74, 6) is 0.468. The Hall–Kier alpha value is -1.34. The number of nitrogens with two attached hydrogens (primary N) is 1. The van der Waals surface area contributed by atoms with Gasteiger partial charge in [0.05, 0.1) is 10.6 Å². The maximum Gasteiger partial charge on any atom is 0.233 e. The van der Waals surface area contributed by atoms with Gasteiger partial charge in [0.15, 0.2) is 5.16 Å². The number of nitrogen functional groups attached to an aromatic ring is 1. The predicted octanol–water partition coefficient (Wildman–Crippen LogP) is 2.28. The van der Waals surface area contributed by atoms with Crippen LogP contribution in [-0.2, 0) is 4.79 Å². The number of nitrogens with zero attached hydrogens (tertiary/aromatic N) is 2.